The van der Waals surface area contributed by atoms with Crippen molar-refractivity contribution >= 4 is 22.9 Å². The van der Waals surface area contributed by atoms with Crippen molar-refractivity contribution in [2.75, 3.05) is 40.4 Å². The van der Waals surface area contributed by atoms with Crippen molar-refractivity contribution in [1.82, 2.24) is 20.2 Å². The Bertz CT molecular complexity index is 1390. The molecule has 1 amide bonds. The molecule has 9 nitrogen and oxygen atoms in total. The summed E-state index contributed by atoms with van der Waals surface area (Å²) in [4.78, 5) is 37.2. The van der Waals surface area contributed by atoms with Gasteiger partial charge in [-0.1, -0.05) is 0 Å². The van der Waals surface area contributed by atoms with Crippen LogP contribution in [0.15, 0.2) is 59.1 Å². The van der Waals surface area contributed by atoms with Crippen LogP contribution in [-0.4, -0.2) is 67.0 Å². The van der Waals surface area contributed by atoms with E-state index >= 15 is 0 Å². The molecule has 0 saturated carbocycles. The van der Waals surface area contributed by atoms with Crippen molar-refractivity contribution in [2.24, 2.45) is 0 Å². The summed E-state index contributed by atoms with van der Waals surface area (Å²) in [5.74, 6) is 1.13. The second-order valence-corrected chi connectivity index (χ2v) is 8.47. The van der Waals surface area contributed by atoms with E-state index in [1.54, 1.807) is 60.7 Å². The number of Topliss-reactive ketones (excluding diaryl/α,β-unsaturated/α-hetero) is 1. The molecular formula is C27H26N4O5. The van der Waals surface area contributed by atoms with E-state index in [-0.39, 0.29) is 18.1 Å². The van der Waals surface area contributed by atoms with Crippen LogP contribution in [0.4, 0.5) is 0 Å². The van der Waals surface area contributed by atoms with Gasteiger partial charge in [-0.3, -0.25) is 9.59 Å². The molecule has 36 heavy (non-hydrogen) atoms. The Morgan fingerprint density at radius 1 is 1.06 bits per heavy atom. The molecule has 2 aromatic heterocycles. The number of ketones is 1. The smallest absolute Gasteiger partial charge is 0.253 e. The summed E-state index contributed by atoms with van der Waals surface area (Å²) in [6.45, 7) is 2.72. The molecule has 0 spiro atoms. The van der Waals surface area contributed by atoms with Crippen molar-refractivity contribution in [2.45, 2.75) is 6.42 Å². The zero-order valence-electron chi connectivity index (χ0n) is 20.1. The minimum atomic E-state index is -0.147. The van der Waals surface area contributed by atoms with E-state index in [1.807, 2.05) is 6.07 Å². The minimum absolute atomic E-state index is 0.0663. The zero-order chi connectivity index (χ0) is 25.1. The van der Waals surface area contributed by atoms with E-state index in [9.17, 15) is 9.59 Å². The molecule has 5 rings (SSSR count). The standard InChI is InChI=1S/C27H26N4O5/c1-34-20-5-6-21(24(16-20)35-2)22(32)14-17-12-18(26-30-25-23(36-26)4-3-7-29-25)15-19(13-17)27(33)31-10-8-28-9-11-31/h3-7,12-13,15-16,28H,8-11,14H2,1-2H3. The van der Waals surface area contributed by atoms with Crippen LogP contribution in [0.1, 0.15) is 26.3 Å². The molecular weight excluding hydrogens is 460 g/mol. The Balaban J connectivity index is 1.52. The lowest BCUT2D eigenvalue weighted by Gasteiger charge is -2.27. The summed E-state index contributed by atoms with van der Waals surface area (Å²) in [6.07, 6.45) is 1.71. The first kappa shape index (κ1) is 23.5. The van der Waals surface area contributed by atoms with Crippen LogP contribution >= 0.6 is 0 Å². The van der Waals surface area contributed by atoms with Crippen molar-refractivity contribution in [3.8, 4) is 23.0 Å². The van der Waals surface area contributed by atoms with Gasteiger partial charge < -0.3 is 24.1 Å². The molecule has 2 aromatic carbocycles. The Morgan fingerprint density at radius 3 is 2.64 bits per heavy atom. The lowest BCUT2D eigenvalue weighted by atomic mass is 9.97. The monoisotopic (exact) mass is 486 g/mol. The maximum atomic E-state index is 13.4. The molecule has 1 aliphatic rings. The van der Waals surface area contributed by atoms with Crippen LogP contribution in [0.2, 0.25) is 0 Å². The van der Waals surface area contributed by atoms with Crippen LogP contribution in [-0.2, 0) is 6.42 Å². The lowest BCUT2D eigenvalue weighted by Crippen LogP contribution is -2.46. The molecule has 1 saturated heterocycles. The molecule has 4 aromatic rings. The Labute approximate surface area is 208 Å². The summed E-state index contributed by atoms with van der Waals surface area (Å²) in [6, 6.07) is 14.0. The molecule has 9 heteroatoms. The molecule has 0 bridgehead atoms. The predicted octanol–water partition coefficient (Wildman–Crippen LogP) is 3.38. The molecule has 1 fully saturated rings. The quantitative estimate of drug-likeness (QED) is 0.396. The Morgan fingerprint density at radius 2 is 1.89 bits per heavy atom. The number of piperazine rings is 1. The lowest BCUT2D eigenvalue weighted by molar-refractivity contribution is 0.0735. The number of nitrogens with one attached hydrogen (secondary N) is 1. The number of carbonyl (C=O) groups excluding carboxylic acids is 2. The summed E-state index contributed by atoms with van der Waals surface area (Å²) >= 11 is 0. The van der Waals surface area contributed by atoms with Crippen LogP contribution in [0, 0.1) is 0 Å². The van der Waals surface area contributed by atoms with E-state index in [0.29, 0.717) is 64.0 Å². The number of pyridine rings is 1. The van der Waals surface area contributed by atoms with Crippen molar-refractivity contribution in [3.63, 3.8) is 0 Å². The average molecular weight is 487 g/mol. The van der Waals surface area contributed by atoms with E-state index < -0.39 is 0 Å². The highest BCUT2D eigenvalue weighted by Crippen LogP contribution is 2.29. The first-order chi connectivity index (χ1) is 17.6. The average Bonchev–Trinajstić information content (AvgIpc) is 3.37. The van der Waals surface area contributed by atoms with Crippen LogP contribution in [0.5, 0.6) is 11.5 Å². The van der Waals surface area contributed by atoms with Gasteiger partial charge >= 0.3 is 0 Å². The fourth-order valence-corrected chi connectivity index (χ4v) is 4.29. The molecule has 1 aliphatic heterocycles. The highest BCUT2D eigenvalue weighted by molar-refractivity contribution is 6.01. The normalized spacial score (nSPS) is 13.6. The third kappa shape index (κ3) is 4.78. The first-order valence-corrected chi connectivity index (χ1v) is 11.7. The third-order valence-corrected chi connectivity index (χ3v) is 6.13. The second-order valence-electron chi connectivity index (χ2n) is 8.47. The van der Waals surface area contributed by atoms with Gasteiger partial charge in [-0.15, -0.1) is 0 Å². The van der Waals surface area contributed by atoms with Gasteiger partial charge in [0.25, 0.3) is 5.91 Å². The fourth-order valence-electron chi connectivity index (χ4n) is 4.29. The highest BCUT2D eigenvalue weighted by atomic mass is 16.5. The Hall–Kier alpha value is -4.24. The number of aromatic nitrogens is 2. The van der Waals surface area contributed by atoms with Crippen molar-refractivity contribution in [1.29, 1.82) is 0 Å². The molecule has 3 heterocycles. The molecule has 1 N–H and O–H groups in total. The van der Waals surface area contributed by atoms with Crippen molar-refractivity contribution < 1.29 is 23.5 Å². The number of nitrogens with zero attached hydrogens (tertiary/aromatic N) is 3. The topological polar surface area (TPSA) is 107 Å². The fraction of sp³-hybridized carbons (Fsp3) is 0.259. The number of ether oxygens (including phenoxy) is 2. The number of methoxy groups -OCH3 is 2. The van der Waals surface area contributed by atoms with Crippen LogP contribution in [0.25, 0.3) is 22.7 Å². The zero-order valence-corrected chi connectivity index (χ0v) is 20.1. The van der Waals surface area contributed by atoms with E-state index in [1.165, 1.54) is 7.11 Å². The van der Waals surface area contributed by atoms with Crippen LogP contribution in [0.3, 0.4) is 0 Å². The number of fused-ring (bicyclic) bond motifs is 1. The third-order valence-electron chi connectivity index (χ3n) is 6.13. The molecule has 0 atom stereocenters. The summed E-state index contributed by atoms with van der Waals surface area (Å²) in [5.41, 5.74) is 3.22. The van der Waals surface area contributed by atoms with Gasteiger partial charge in [0, 0.05) is 56.0 Å². The van der Waals surface area contributed by atoms with Gasteiger partial charge in [0.1, 0.15) is 11.5 Å². The van der Waals surface area contributed by atoms with E-state index in [0.717, 1.165) is 13.1 Å². The molecule has 184 valence electrons. The van der Waals surface area contributed by atoms with Gasteiger partial charge in [0.15, 0.2) is 17.0 Å². The maximum Gasteiger partial charge on any atom is 0.253 e. The maximum absolute atomic E-state index is 13.4. The number of oxazole rings is 1. The minimum Gasteiger partial charge on any atom is -0.497 e. The largest absolute Gasteiger partial charge is 0.497 e. The van der Waals surface area contributed by atoms with E-state index in [2.05, 4.69) is 15.3 Å². The summed E-state index contributed by atoms with van der Waals surface area (Å²) in [7, 11) is 3.07. The molecule has 0 radical (unpaired) electrons. The molecule has 0 aliphatic carbocycles. The number of hydrogen-bond donors (Lipinski definition) is 1. The number of rotatable bonds is 7. The van der Waals surface area contributed by atoms with Gasteiger partial charge in [-0.25, -0.2) is 4.98 Å². The predicted molar refractivity (Wildman–Crippen MR) is 134 cm³/mol. The number of amides is 1. The first-order valence-electron chi connectivity index (χ1n) is 11.7. The van der Waals surface area contributed by atoms with Crippen molar-refractivity contribution in [3.05, 3.63) is 71.4 Å². The summed E-state index contributed by atoms with van der Waals surface area (Å²) < 4.78 is 16.6. The Kier molecular flexibility index (Phi) is 6.64. The number of carbonyl (C=O) groups is 2. The van der Waals surface area contributed by atoms with E-state index in [4.69, 9.17) is 13.9 Å². The van der Waals surface area contributed by atoms with Gasteiger partial charge in [-0.05, 0) is 48.0 Å². The van der Waals surface area contributed by atoms with Gasteiger partial charge in [0.05, 0.1) is 19.8 Å². The SMILES string of the molecule is COc1ccc(C(=O)Cc2cc(C(=O)N3CCNCC3)cc(-c3nc4ncccc4o3)c2)c(OC)c1. The highest BCUT2D eigenvalue weighted by Gasteiger charge is 2.22. The molecule has 0 unspecified atom stereocenters. The van der Waals surface area contributed by atoms with Crippen LogP contribution < -0.4 is 14.8 Å². The summed E-state index contributed by atoms with van der Waals surface area (Å²) in [5, 5.41) is 3.26. The number of hydrogen-bond acceptors (Lipinski definition) is 8. The van der Waals surface area contributed by atoms with Gasteiger partial charge in [-0.2, -0.15) is 4.98 Å². The number of benzene rings is 2. The second kappa shape index (κ2) is 10.2. The van der Waals surface area contributed by atoms with Gasteiger partial charge in [0.2, 0.25) is 5.89 Å².